The molecule has 148 valence electrons. The predicted molar refractivity (Wildman–Crippen MR) is 104 cm³/mol. The van der Waals surface area contributed by atoms with E-state index in [9.17, 15) is 9.59 Å². The zero-order chi connectivity index (χ0) is 19.6. The number of aromatic nitrogens is 3. The number of aromatic amines is 2. The number of piperazine rings is 1. The monoisotopic (exact) mass is 395 g/mol. The maximum atomic E-state index is 11.8. The van der Waals surface area contributed by atoms with E-state index in [1.54, 1.807) is 11.1 Å². The molecule has 0 saturated carbocycles. The number of nitrogens with zero attached hydrogens (tertiary/aromatic N) is 3. The van der Waals surface area contributed by atoms with E-state index in [1.807, 2.05) is 0 Å². The van der Waals surface area contributed by atoms with E-state index in [0.29, 0.717) is 35.2 Å². The molecule has 0 unspecified atom stereocenters. The summed E-state index contributed by atoms with van der Waals surface area (Å²) in [5.41, 5.74) is 1.87. The van der Waals surface area contributed by atoms with Crippen molar-refractivity contribution in [3.05, 3.63) is 27.3 Å². The molecule has 3 heterocycles. The van der Waals surface area contributed by atoms with E-state index < -0.39 is 0 Å². The Bertz CT molecular complexity index is 854. The van der Waals surface area contributed by atoms with Crippen molar-refractivity contribution in [3.8, 4) is 0 Å². The Morgan fingerprint density at radius 1 is 1.30 bits per heavy atom. The lowest BCUT2D eigenvalue weighted by molar-refractivity contribution is 0.0882. The minimum atomic E-state index is -0.281. The summed E-state index contributed by atoms with van der Waals surface area (Å²) in [5, 5.41) is 0.566. The molecule has 0 bridgehead atoms. The molecule has 3 rings (SSSR count). The SMILES string of the molecule is COC(=O)N1CCN(C[C@H](CC(C)C)c2c(Cl)cnc3[nH]c(=O)[nH]c23)CC1. The predicted octanol–water partition coefficient (Wildman–Crippen LogP) is 2.42. The highest BCUT2D eigenvalue weighted by molar-refractivity contribution is 6.32. The van der Waals surface area contributed by atoms with Crippen molar-refractivity contribution in [2.45, 2.75) is 26.2 Å². The van der Waals surface area contributed by atoms with Gasteiger partial charge in [-0.3, -0.25) is 9.88 Å². The van der Waals surface area contributed by atoms with E-state index in [0.717, 1.165) is 31.6 Å². The number of imidazole rings is 1. The van der Waals surface area contributed by atoms with Gasteiger partial charge >= 0.3 is 11.8 Å². The van der Waals surface area contributed by atoms with Crippen LogP contribution in [0.15, 0.2) is 11.0 Å². The average molecular weight is 396 g/mol. The van der Waals surface area contributed by atoms with Crippen molar-refractivity contribution in [2.24, 2.45) is 5.92 Å². The minimum absolute atomic E-state index is 0.152. The van der Waals surface area contributed by atoms with E-state index in [-0.39, 0.29) is 17.7 Å². The van der Waals surface area contributed by atoms with Crippen LogP contribution in [0.1, 0.15) is 31.7 Å². The second kappa shape index (κ2) is 8.31. The van der Waals surface area contributed by atoms with Gasteiger partial charge in [-0.1, -0.05) is 25.4 Å². The number of hydrogen-bond acceptors (Lipinski definition) is 5. The Labute approximate surface area is 162 Å². The molecule has 27 heavy (non-hydrogen) atoms. The van der Waals surface area contributed by atoms with Crippen LogP contribution in [-0.2, 0) is 4.74 Å². The Morgan fingerprint density at radius 2 is 2.00 bits per heavy atom. The van der Waals surface area contributed by atoms with Crippen molar-refractivity contribution in [1.29, 1.82) is 0 Å². The minimum Gasteiger partial charge on any atom is -0.453 e. The fraction of sp³-hybridized carbons (Fsp3) is 0.611. The van der Waals surface area contributed by atoms with Crippen LogP contribution >= 0.6 is 11.6 Å². The van der Waals surface area contributed by atoms with Gasteiger partial charge in [-0.05, 0) is 12.3 Å². The molecule has 2 N–H and O–H groups in total. The molecular formula is C18H26ClN5O3. The number of fused-ring (bicyclic) bond motifs is 1. The molecular weight excluding hydrogens is 370 g/mol. The lowest BCUT2D eigenvalue weighted by Crippen LogP contribution is -2.49. The van der Waals surface area contributed by atoms with E-state index in [1.165, 1.54) is 7.11 Å². The Kier molecular flexibility index (Phi) is 6.06. The summed E-state index contributed by atoms with van der Waals surface area (Å²) in [5.74, 6) is 0.621. The molecule has 1 saturated heterocycles. The van der Waals surface area contributed by atoms with E-state index >= 15 is 0 Å². The zero-order valence-electron chi connectivity index (χ0n) is 15.9. The number of carbonyl (C=O) groups is 1. The highest BCUT2D eigenvalue weighted by Gasteiger charge is 2.27. The molecule has 1 fully saturated rings. The number of amides is 1. The van der Waals surface area contributed by atoms with Crippen molar-refractivity contribution >= 4 is 28.9 Å². The number of H-pyrrole nitrogens is 2. The molecule has 2 aromatic rings. The van der Waals surface area contributed by atoms with Crippen LogP contribution < -0.4 is 5.69 Å². The third-order valence-electron chi connectivity index (χ3n) is 4.99. The molecule has 1 atom stereocenters. The number of carbonyl (C=O) groups excluding carboxylic acids is 1. The molecule has 8 nitrogen and oxygen atoms in total. The highest BCUT2D eigenvalue weighted by atomic mass is 35.5. The van der Waals surface area contributed by atoms with Gasteiger partial charge in [-0.15, -0.1) is 0 Å². The van der Waals surface area contributed by atoms with Gasteiger partial charge in [0.25, 0.3) is 0 Å². The summed E-state index contributed by atoms with van der Waals surface area (Å²) in [6.07, 6.45) is 2.26. The molecule has 0 spiro atoms. The van der Waals surface area contributed by atoms with Gasteiger partial charge in [-0.2, -0.15) is 0 Å². The molecule has 0 aromatic carbocycles. The van der Waals surface area contributed by atoms with Gasteiger partial charge in [0.1, 0.15) is 0 Å². The average Bonchev–Trinajstić information content (AvgIpc) is 3.01. The number of hydrogen-bond donors (Lipinski definition) is 2. The molecule has 0 radical (unpaired) electrons. The maximum absolute atomic E-state index is 11.8. The standard InChI is InChI=1S/C18H26ClN5O3/c1-11(2)8-12(10-23-4-6-24(7-5-23)18(26)27-3)14-13(19)9-20-16-15(14)21-17(25)22-16/h9,11-12H,4-8,10H2,1-3H3,(H2,20,21,22,25)/t12-/m0/s1. The van der Waals surface area contributed by atoms with Crippen molar-refractivity contribution < 1.29 is 9.53 Å². The lowest BCUT2D eigenvalue weighted by Gasteiger charge is -2.36. The summed E-state index contributed by atoms with van der Waals surface area (Å²) in [4.78, 5) is 37.3. The second-order valence-electron chi connectivity index (χ2n) is 7.41. The zero-order valence-corrected chi connectivity index (χ0v) is 16.7. The molecule has 0 aliphatic carbocycles. The first-order valence-corrected chi connectivity index (χ1v) is 9.58. The van der Waals surface area contributed by atoms with Gasteiger partial charge in [0.2, 0.25) is 0 Å². The van der Waals surface area contributed by atoms with E-state index in [2.05, 4.69) is 33.7 Å². The van der Waals surface area contributed by atoms with Crippen LogP contribution in [0.5, 0.6) is 0 Å². The summed E-state index contributed by atoms with van der Waals surface area (Å²) in [6, 6.07) is 0. The van der Waals surface area contributed by atoms with Crippen molar-refractivity contribution in [1.82, 2.24) is 24.8 Å². The van der Waals surface area contributed by atoms with Crippen molar-refractivity contribution in [2.75, 3.05) is 39.8 Å². The number of halogens is 1. The fourth-order valence-corrected chi connectivity index (χ4v) is 4.08. The van der Waals surface area contributed by atoms with Gasteiger partial charge in [0.15, 0.2) is 5.65 Å². The Morgan fingerprint density at radius 3 is 2.63 bits per heavy atom. The van der Waals surface area contributed by atoms with Crippen LogP contribution in [0.3, 0.4) is 0 Å². The van der Waals surface area contributed by atoms with Gasteiger partial charge < -0.3 is 14.6 Å². The fourth-order valence-electron chi connectivity index (χ4n) is 3.78. The summed E-state index contributed by atoms with van der Waals surface area (Å²) in [6.45, 7) is 7.99. The number of methoxy groups -OCH3 is 1. The van der Waals surface area contributed by atoms with Gasteiger partial charge in [0, 0.05) is 50.4 Å². The van der Waals surface area contributed by atoms with Crippen LogP contribution in [0.25, 0.3) is 11.2 Å². The number of pyridine rings is 1. The third-order valence-corrected chi connectivity index (χ3v) is 5.29. The number of nitrogens with one attached hydrogen (secondary N) is 2. The van der Waals surface area contributed by atoms with Crippen molar-refractivity contribution in [3.63, 3.8) is 0 Å². The smallest absolute Gasteiger partial charge is 0.409 e. The molecule has 2 aromatic heterocycles. The molecule has 1 aliphatic rings. The van der Waals surface area contributed by atoms with Crippen LogP contribution in [0.2, 0.25) is 5.02 Å². The molecule has 9 heteroatoms. The number of ether oxygens (including phenoxy) is 1. The summed E-state index contributed by atoms with van der Waals surface area (Å²) < 4.78 is 4.80. The van der Waals surface area contributed by atoms with Gasteiger partial charge in [0.05, 0.1) is 17.6 Å². The van der Waals surface area contributed by atoms with Gasteiger partial charge in [-0.25, -0.2) is 14.6 Å². The van der Waals surface area contributed by atoms with E-state index in [4.69, 9.17) is 16.3 Å². The largest absolute Gasteiger partial charge is 0.453 e. The first-order chi connectivity index (χ1) is 12.9. The highest BCUT2D eigenvalue weighted by Crippen LogP contribution is 2.34. The Hall–Kier alpha value is -2.06. The lowest BCUT2D eigenvalue weighted by atomic mass is 9.89. The summed E-state index contributed by atoms with van der Waals surface area (Å²) >= 11 is 6.51. The molecule has 1 aliphatic heterocycles. The second-order valence-corrected chi connectivity index (χ2v) is 7.81. The normalized spacial score (nSPS) is 16.9. The third kappa shape index (κ3) is 4.44. The maximum Gasteiger partial charge on any atom is 0.409 e. The quantitative estimate of drug-likeness (QED) is 0.810. The first kappa shape index (κ1) is 19.7. The first-order valence-electron chi connectivity index (χ1n) is 9.20. The van der Waals surface area contributed by atoms with Crippen LogP contribution in [0, 0.1) is 5.92 Å². The summed E-state index contributed by atoms with van der Waals surface area (Å²) in [7, 11) is 1.40. The number of rotatable bonds is 5. The van der Waals surface area contributed by atoms with Crippen LogP contribution in [0.4, 0.5) is 4.79 Å². The molecule has 1 amide bonds. The van der Waals surface area contributed by atoms with Crippen LogP contribution in [-0.4, -0.2) is 70.7 Å². The Balaban J connectivity index is 1.83. The topological polar surface area (TPSA) is 94.3 Å².